The van der Waals surface area contributed by atoms with Crippen molar-refractivity contribution in [2.24, 2.45) is 5.92 Å². The van der Waals surface area contributed by atoms with Gasteiger partial charge in [-0.05, 0) is 18.6 Å². The fourth-order valence-electron chi connectivity index (χ4n) is 2.45. The molecule has 0 aliphatic carbocycles. The number of hydrogen-bond donors (Lipinski definition) is 0. The maximum Gasteiger partial charge on any atom is 0.400 e. The van der Waals surface area contributed by atoms with Crippen molar-refractivity contribution in [3.8, 4) is 0 Å². The minimum atomic E-state index is -4.69. The summed E-state index contributed by atoms with van der Waals surface area (Å²) in [6.07, 6.45) is -4.96. The summed E-state index contributed by atoms with van der Waals surface area (Å²) in [5.41, 5.74) is 0.160. The Labute approximate surface area is 132 Å². The molecule has 1 aromatic rings. The molecule has 2 rings (SSSR count). The van der Waals surface area contributed by atoms with Crippen molar-refractivity contribution in [1.82, 2.24) is 4.90 Å². The van der Waals surface area contributed by atoms with E-state index in [1.807, 2.05) is 6.92 Å². The zero-order valence-electron chi connectivity index (χ0n) is 12.7. The van der Waals surface area contributed by atoms with E-state index in [2.05, 4.69) is 0 Å². The highest BCUT2D eigenvalue weighted by Gasteiger charge is 2.55. The van der Waals surface area contributed by atoms with Gasteiger partial charge >= 0.3 is 6.18 Å². The van der Waals surface area contributed by atoms with Crippen LogP contribution in [0.2, 0.25) is 0 Å². The summed E-state index contributed by atoms with van der Waals surface area (Å²) < 4.78 is 44.4. The molecular weight excluding hydrogens is 311 g/mol. The van der Waals surface area contributed by atoms with Crippen LogP contribution in [0.3, 0.4) is 0 Å². The maximum atomic E-state index is 13.0. The Morgan fingerprint density at radius 1 is 1.30 bits per heavy atom. The number of rotatable bonds is 5. The highest BCUT2D eigenvalue weighted by Crippen LogP contribution is 2.38. The Balaban J connectivity index is 2.24. The zero-order valence-corrected chi connectivity index (χ0v) is 12.7. The van der Waals surface area contributed by atoms with E-state index in [4.69, 9.17) is 4.74 Å². The number of ether oxygens (including phenoxy) is 1. The highest BCUT2D eigenvalue weighted by molar-refractivity contribution is 6.06. The van der Waals surface area contributed by atoms with Gasteiger partial charge in [-0.2, -0.15) is 13.2 Å². The summed E-state index contributed by atoms with van der Waals surface area (Å²) in [7, 11) is 0. The summed E-state index contributed by atoms with van der Waals surface area (Å²) in [4.78, 5) is 25.2. The Morgan fingerprint density at radius 2 is 1.96 bits per heavy atom. The van der Waals surface area contributed by atoms with Gasteiger partial charge in [0, 0.05) is 18.6 Å². The van der Waals surface area contributed by atoms with E-state index in [0.29, 0.717) is 11.3 Å². The highest BCUT2D eigenvalue weighted by atomic mass is 19.4. The van der Waals surface area contributed by atoms with Gasteiger partial charge in [-0.25, -0.2) is 0 Å². The molecule has 0 spiro atoms. The molecule has 0 radical (unpaired) electrons. The predicted octanol–water partition coefficient (Wildman–Crippen LogP) is 3.38. The van der Waals surface area contributed by atoms with E-state index in [0.717, 1.165) is 6.42 Å². The smallest absolute Gasteiger partial charge is 0.358 e. The van der Waals surface area contributed by atoms with Crippen LogP contribution in [0, 0.1) is 5.92 Å². The van der Waals surface area contributed by atoms with Crippen molar-refractivity contribution in [3.63, 3.8) is 0 Å². The molecule has 0 saturated carbocycles. The molecule has 7 heteroatoms. The number of benzene rings is 1. The summed E-state index contributed by atoms with van der Waals surface area (Å²) in [6, 6.07) is 7.76. The topological polar surface area (TPSA) is 46.6 Å². The number of unbranched alkanes of at least 4 members (excludes halogenated alkanes) is 1. The van der Waals surface area contributed by atoms with Gasteiger partial charge in [0.2, 0.25) is 5.91 Å². The van der Waals surface area contributed by atoms with Crippen LogP contribution in [0.4, 0.5) is 13.2 Å². The fraction of sp³-hybridized carbons (Fsp3) is 0.500. The van der Waals surface area contributed by atoms with E-state index in [-0.39, 0.29) is 12.2 Å². The van der Waals surface area contributed by atoms with Gasteiger partial charge in [0.1, 0.15) is 12.1 Å². The third-order valence-electron chi connectivity index (χ3n) is 3.70. The van der Waals surface area contributed by atoms with Gasteiger partial charge in [-0.1, -0.05) is 31.5 Å². The second-order valence-corrected chi connectivity index (χ2v) is 5.39. The number of alkyl halides is 3. The quantitative estimate of drug-likeness (QED) is 0.614. The lowest BCUT2D eigenvalue weighted by molar-refractivity contribution is -0.180. The third kappa shape index (κ3) is 3.90. The van der Waals surface area contributed by atoms with Crippen LogP contribution in [0.15, 0.2) is 30.3 Å². The number of carbonyl (C=O) groups excluding carboxylic acids is 2. The second-order valence-electron chi connectivity index (χ2n) is 5.39. The van der Waals surface area contributed by atoms with Crippen molar-refractivity contribution >= 4 is 11.8 Å². The first-order chi connectivity index (χ1) is 10.9. The molecule has 1 fully saturated rings. The molecule has 0 bridgehead atoms. The van der Waals surface area contributed by atoms with Crippen molar-refractivity contribution in [1.29, 1.82) is 0 Å². The molecule has 2 unspecified atom stereocenters. The van der Waals surface area contributed by atoms with Gasteiger partial charge in [0.15, 0.2) is 0 Å². The molecule has 126 valence electrons. The molecule has 4 nitrogen and oxygen atoms in total. The number of amides is 2. The van der Waals surface area contributed by atoms with E-state index in [1.54, 1.807) is 18.2 Å². The second kappa shape index (κ2) is 7.12. The molecule has 0 aromatic heterocycles. The van der Waals surface area contributed by atoms with E-state index >= 15 is 0 Å². The molecule has 1 aliphatic heterocycles. The van der Waals surface area contributed by atoms with Crippen LogP contribution in [-0.2, 0) is 9.53 Å². The Bertz CT molecular complexity index is 559. The van der Waals surface area contributed by atoms with Crippen LogP contribution in [0.5, 0.6) is 0 Å². The number of carbonyl (C=O) groups is 2. The zero-order chi connectivity index (χ0) is 17.0. The number of imide groups is 1. The standard InChI is InChI=1S/C16H18F3NO3/c1-2-3-9-23-13-10-12(16(17,18)19)15(22)20(13)14(21)11-7-5-4-6-8-11/h4-8,12-13H,2-3,9-10H2,1H3. The minimum Gasteiger partial charge on any atom is -0.358 e. The maximum absolute atomic E-state index is 13.0. The molecule has 1 saturated heterocycles. The number of nitrogens with zero attached hydrogens (tertiary/aromatic N) is 1. The summed E-state index contributed by atoms with van der Waals surface area (Å²) >= 11 is 0. The molecular formula is C16H18F3NO3. The summed E-state index contributed by atoms with van der Waals surface area (Å²) in [5, 5.41) is 0. The van der Waals surface area contributed by atoms with Crippen LogP contribution >= 0.6 is 0 Å². The fourth-order valence-corrected chi connectivity index (χ4v) is 2.45. The van der Waals surface area contributed by atoms with E-state index < -0.39 is 36.6 Å². The van der Waals surface area contributed by atoms with Crippen molar-refractivity contribution in [2.45, 2.75) is 38.6 Å². The van der Waals surface area contributed by atoms with Gasteiger partial charge in [-0.3, -0.25) is 14.5 Å². The predicted molar refractivity (Wildman–Crippen MR) is 76.4 cm³/mol. The monoisotopic (exact) mass is 329 g/mol. The summed E-state index contributed by atoms with van der Waals surface area (Å²) in [6.45, 7) is 2.12. The van der Waals surface area contributed by atoms with Crippen molar-refractivity contribution < 1.29 is 27.5 Å². The van der Waals surface area contributed by atoms with Gasteiger partial charge in [0.25, 0.3) is 5.91 Å². The average molecular weight is 329 g/mol. The lowest BCUT2D eigenvalue weighted by atomic mass is 10.1. The molecule has 1 aromatic carbocycles. The lowest BCUT2D eigenvalue weighted by Gasteiger charge is -2.23. The molecule has 2 atom stereocenters. The first-order valence-electron chi connectivity index (χ1n) is 7.47. The van der Waals surface area contributed by atoms with Gasteiger partial charge in [-0.15, -0.1) is 0 Å². The van der Waals surface area contributed by atoms with E-state index in [1.165, 1.54) is 12.1 Å². The first-order valence-corrected chi connectivity index (χ1v) is 7.47. The minimum absolute atomic E-state index is 0.160. The Kier molecular flexibility index (Phi) is 5.41. The molecule has 2 amide bonds. The largest absolute Gasteiger partial charge is 0.400 e. The molecule has 0 N–H and O–H groups in total. The van der Waals surface area contributed by atoms with Crippen LogP contribution in [0.25, 0.3) is 0 Å². The lowest BCUT2D eigenvalue weighted by Crippen LogP contribution is -2.42. The molecule has 1 aliphatic rings. The Hall–Kier alpha value is -1.89. The first kappa shape index (κ1) is 17.5. The average Bonchev–Trinajstić information content (AvgIpc) is 2.84. The van der Waals surface area contributed by atoms with Crippen LogP contribution in [0.1, 0.15) is 36.5 Å². The van der Waals surface area contributed by atoms with Gasteiger partial charge in [0.05, 0.1) is 0 Å². The molecule has 23 heavy (non-hydrogen) atoms. The normalized spacial score (nSPS) is 21.7. The third-order valence-corrected chi connectivity index (χ3v) is 3.70. The van der Waals surface area contributed by atoms with Gasteiger partial charge < -0.3 is 4.74 Å². The SMILES string of the molecule is CCCCOC1CC(C(F)(F)F)C(=O)N1C(=O)c1ccccc1. The molecule has 1 heterocycles. The van der Waals surface area contributed by atoms with Crippen LogP contribution < -0.4 is 0 Å². The number of hydrogen-bond acceptors (Lipinski definition) is 3. The van der Waals surface area contributed by atoms with Crippen LogP contribution in [-0.4, -0.2) is 35.7 Å². The van der Waals surface area contributed by atoms with Crippen molar-refractivity contribution in [3.05, 3.63) is 35.9 Å². The Morgan fingerprint density at radius 3 is 2.52 bits per heavy atom. The van der Waals surface area contributed by atoms with Crippen molar-refractivity contribution in [2.75, 3.05) is 6.61 Å². The number of likely N-dealkylation sites (tertiary alicyclic amines) is 1. The summed E-state index contributed by atoms with van der Waals surface area (Å²) in [5.74, 6) is -4.20. The van der Waals surface area contributed by atoms with E-state index in [9.17, 15) is 22.8 Å². The number of halogens is 3.